The number of aromatic nitrogens is 1. The lowest BCUT2D eigenvalue weighted by Gasteiger charge is -1.99. The topological polar surface area (TPSA) is 105 Å². The smallest absolute Gasteiger partial charge is 0.263 e. The lowest BCUT2D eigenvalue weighted by molar-refractivity contribution is 0.0947. The first-order valence-electron chi connectivity index (χ1n) is 5.87. The summed E-state index contributed by atoms with van der Waals surface area (Å²) >= 11 is 1.24. The molecule has 0 radical (unpaired) electrons. The van der Waals surface area contributed by atoms with E-state index in [2.05, 4.69) is 10.3 Å². The van der Waals surface area contributed by atoms with Crippen molar-refractivity contribution in [3.05, 3.63) is 40.9 Å². The summed E-state index contributed by atoms with van der Waals surface area (Å²) in [7, 11) is 0. The average molecular weight is 291 g/mol. The van der Waals surface area contributed by atoms with Gasteiger partial charge in [-0.2, -0.15) is 0 Å². The summed E-state index contributed by atoms with van der Waals surface area (Å²) in [6, 6.07) is 6.69. The first kappa shape index (κ1) is 14.2. The van der Waals surface area contributed by atoms with Crippen LogP contribution in [-0.4, -0.2) is 35.1 Å². The van der Waals surface area contributed by atoms with Gasteiger partial charge in [0.1, 0.15) is 9.88 Å². The minimum absolute atomic E-state index is 0.105. The Hall–Kier alpha value is -2.25. The van der Waals surface area contributed by atoms with Gasteiger partial charge in [0.2, 0.25) is 5.91 Å². The second-order valence-electron chi connectivity index (χ2n) is 3.95. The van der Waals surface area contributed by atoms with E-state index in [1.807, 2.05) is 0 Å². The largest absolute Gasteiger partial charge is 0.395 e. The predicted octanol–water partition coefficient (Wildman–Crippen LogP) is 0.631. The lowest BCUT2D eigenvalue weighted by Crippen LogP contribution is -2.25. The highest BCUT2D eigenvalue weighted by molar-refractivity contribution is 7.16. The van der Waals surface area contributed by atoms with E-state index < -0.39 is 5.91 Å². The fourth-order valence-electron chi connectivity index (χ4n) is 1.55. The summed E-state index contributed by atoms with van der Waals surface area (Å²) in [5, 5.41) is 11.9. The highest BCUT2D eigenvalue weighted by atomic mass is 32.1. The van der Waals surface area contributed by atoms with Crippen molar-refractivity contribution in [2.24, 2.45) is 5.73 Å². The third kappa shape index (κ3) is 3.19. The van der Waals surface area contributed by atoms with Crippen molar-refractivity contribution in [2.45, 2.75) is 0 Å². The van der Waals surface area contributed by atoms with E-state index in [4.69, 9.17) is 10.8 Å². The van der Waals surface area contributed by atoms with Gasteiger partial charge in [0, 0.05) is 17.7 Å². The molecular weight excluding hydrogens is 278 g/mol. The van der Waals surface area contributed by atoms with Crippen LogP contribution in [0.1, 0.15) is 20.0 Å². The molecule has 2 amide bonds. The molecule has 0 spiro atoms. The zero-order valence-corrected chi connectivity index (χ0v) is 11.3. The predicted molar refractivity (Wildman–Crippen MR) is 75.5 cm³/mol. The number of thiazole rings is 1. The first-order valence-corrected chi connectivity index (χ1v) is 6.68. The van der Waals surface area contributed by atoms with Crippen LogP contribution >= 0.6 is 11.3 Å². The van der Waals surface area contributed by atoms with Crippen LogP contribution < -0.4 is 11.1 Å². The maximum absolute atomic E-state index is 11.7. The zero-order valence-electron chi connectivity index (χ0n) is 10.5. The van der Waals surface area contributed by atoms with E-state index in [1.165, 1.54) is 17.5 Å². The number of rotatable bonds is 5. The number of amides is 2. The molecule has 0 aliphatic carbocycles. The number of hydrogen-bond acceptors (Lipinski definition) is 5. The van der Waals surface area contributed by atoms with Crippen LogP contribution in [0.3, 0.4) is 0 Å². The number of primary amides is 1. The minimum atomic E-state index is -0.486. The second kappa shape index (κ2) is 6.27. The van der Waals surface area contributed by atoms with Gasteiger partial charge in [-0.3, -0.25) is 9.59 Å². The van der Waals surface area contributed by atoms with Gasteiger partial charge < -0.3 is 16.2 Å². The molecule has 104 valence electrons. The van der Waals surface area contributed by atoms with Crippen LogP contribution in [0.15, 0.2) is 30.5 Å². The van der Waals surface area contributed by atoms with Crippen molar-refractivity contribution in [2.75, 3.05) is 13.2 Å². The fraction of sp³-hybridized carbons (Fsp3) is 0.154. The average Bonchev–Trinajstić information content (AvgIpc) is 2.94. The number of nitrogens with zero attached hydrogens (tertiary/aromatic N) is 1. The van der Waals surface area contributed by atoms with Crippen LogP contribution in [0, 0.1) is 0 Å². The van der Waals surface area contributed by atoms with Crippen LogP contribution in [0.4, 0.5) is 0 Å². The van der Waals surface area contributed by atoms with Gasteiger partial charge in [-0.1, -0.05) is 12.1 Å². The SMILES string of the molecule is NC(=O)c1ccc(-c2ncc(C(=O)NCCO)s2)cc1. The van der Waals surface area contributed by atoms with Crippen molar-refractivity contribution in [3.8, 4) is 10.6 Å². The summed E-state index contributed by atoms with van der Waals surface area (Å²) in [4.78, 5) is 27.3. The minimum Gasteiger partial charge on any atom is -0.395 e. The number of benzene rings is 1. The Kier molecular flexibility index (Phi) is 4.44. The Morgan fingerprint density at radius 1 is 1.30 bits per heavy atom. The number of nitrogens with two attached hydrogens (primary N) is 1. The van der Waals surface area contributed by atoms with E-state index in [0.717, 1.165) is 5.56 Å². The quantitative estimate of drug-likeness (QED) is 0.751. The Balaban J connectivity index is 2.16. The lowest BCUT2D eigenvalue weighted by atomic mass is 10.1. The van der Waals surface area contributed by atoms with Crippen molar-refractivity contribution < 1.29 is 14.7 Å². The molecule has 0 saturated carbocycles. The van der Waals surface area contributed by atoms with E-state index >= 15 is 0 Å². The van der Waals surface area contributed by atoms with Crippen LogP contribution in [0.25, 0.3) is 10.6 Å². The molecule has 2 aromatic rings. The number of carbonyl (C=O) groups is 2. The van der Waals surface area contributed by atoms with E-state index in [1.54, 1.807) is 24.3 Å². The van der Waals surface area contributed by atoms with Gasteiger partial charge >= 0.3 is 0 Å². The first-order chi connectivity index (χ1) is 9.61. The Morgan fingerprint density at radius 3 is 2.60 bits per heavy atom. The third-order valence-corrected chi connectivity index (χ3v) is 3.59. The summed E-state index contributed by atoms with van der Waals surface area (Å²) in [5.41, 5.74) is 6.40. The Bertz CT molecular complexity index is 622. The van der Waals surface area contributed by atoms with Crippen LogP contribution in [0.2, 0.25) is 0 Å². The Labute approximate surface area is 119 Å². The number of nitrogens with one attached hydrogen (secondary N) is 1. The molecule has 1 aromatic heterocycles. The molecule has 7 heteroatoms. The van der Waals surface area contributed by atoms with Crippen molar-refractivity contribution >= 4 is 23.2 Å². The summed E-state index contributed by atoms with van der Waals surface area (Å²) in [5.74, 6) is -0.753. The maximum atomic E-state index is 11.7. The fourth-order valence-corrected chi connectivity index (χ4v) is 2.38. The molecule has 0 unspecified atom stereocenters. The molecule has 4 N–H and O–H groups in total. The van der Waals surface area contributed by atoms with E-state index in [9.17, 15) is 9.59 Å². The van der Waals surface area contributed by atoms with E-state index in [-0.39, 0.29) is 19.1 Å². The van der Waals surface area contributed by atoms with E-state index in [0.29, 0.717) is 15.4 Å². The van der Waals surface area contributed by atoms with Gasteiger partial charge in [0.25, 0.3) is 5.91 Å². The highest BCUT2D eigenvalue weighted by Crippen LogP contribution is 2.25. The third-order valence-electron chi connectivity index (χ3n) is 2.54. The van der Waals surface area contributed by atoms with Gasteiger partial charge in [-0.15, -0.1) is 11.3 Å². The van der Waals surface area contributed by atoms with Gasteiger partial charge in [0.05, 0.1) is 12.8 Å². The molecule has 0 aliphatic heterocycles. The number of aliphatic hydroxyl groups is 1. The van der Waals surface area contributed by atoms with Gasteiger partial charge in [0.15, 0.2) is 0 Å². The molecule has 2 rings (SSSR count). The Morgan fingerprint density at radius 2 is 2.00 bits per heavy atom. The van der Waals surface area contributed by atoms with Crippen molar-refractivity contribution in [1.82, 2.24) is 10.3 Å². The molecule has 1 aromatic carbocycles. The molecule has 6 nitrogen and oxygen atoms in total. The summed E-state index contributed by atoms with van der Waals surface area (Å²) < 4.78 is 0. The summed E-state index contributed by atoms with van der Waals surface area (Å²) in [6.07, 6.45) is 1.48. The van der Waals surface area contributed by atoms with Gasteiger partial charge in [-0.05, 0) is 12.1 Å². The molecule has 0 atom stereocenters. The molecule has 0 aliphatic rings. The second-order valence-corrected chi connectivity index (χ2v) is 4.98. The number of hydrogen-bond donors (Lipinski definition) is 3. The monoisotopic (exact) mass is 291 g/mol. The van der Waals surface area contributed by atoms with Crippen LogP contribution in [-0.2, 0) is 0 Å². The molecule has 0 bridgehead atoms. The highest BCUT2D eigenvalue weighted by Gasteiger charge is 2.11. The standard InChI is InChI=1S/C13H13N3O3S/c14-11(18)8-1-3-9(4-2-8)13-16-7-10(20-13)12(19)15-5-6-17/h1-4,7,17H,5-6H2,(H2,14,18)(H,15,19). The summed E-state index contributed by atoms with van der Waals surface area (Å²) in [6.45, 7) is 0.103. The zero-order chi connectivity index (χ0) is 14.5. The molecule has 0 saturated heterocycles. The van der Waals surface area contributed by atoms with Crippen LogP contribution in [0.5, 0.6) is 0 Å². The maximum Gasteiger partial charge on any atom is 0.263 e. The van der Waals surface area contributed by atoms with Crippen molar-refractivity contribution in [1.29, 1.82) is 0 Å². The van der Waals surface area contributed by atoms with Gasteiger partial charge in [-0.25, -0.2) is 4.98 Å². The molecular formula is C13H13N3O3S. The molecule has 0 fully saturated rings. The number of aliphatic hydroxyl groups excluding tert-OH is 1. The number of carbonyl (C=O) groups excluding carboxylic acids is 2. The van der Waals surface area contributed by atoms with Crippen molar-refractivity contribution in [3.63, 3.8) is 0 Å². The molecule has 20 heavy (non-hydrogen) atoms. The molecule has 1 heterocycles. The normalized spacial score (nSPS) is 10.2.